The van der Waals surface area contributed by atoms with Crippen LogP contribution in [0.3, 0.4) is 0 Å². The number of aromatic nitrogens is 2. The van der Waals surface area contributed by atoms with Crippen molar-refractivity contribution in [3.63, 3.8) is 0 Å². The molecule has 2 atom stereocenters. The van der Waals surface area contributed by atoms with Crippen molar-refractivity contribution >= 4 is 29.1 Å². The number of fused-ring (bicyclic) bond motifs is 3. The van der Waals surface area contributed by atoms with Crippen molar-refractivity contribution in [2.24, 2.45) is 0 Å². The minimum Gasteiger partial charge on any atom is -0.494 e. The quantitative estimate of drug-likeness (QED) is 0.568. The van der Waals surface area contributed by atoms with Crippen molar-refractivity contribution in [3.8, 4) is 11.8 Å². The van der Waals surface area contributed by atoms with E-state index < -0.39 is 11.6 Å². The van der Waals surface area contributed by atoms with Crippen LogP contribution >= 0.6 is 11.6 Å². The van der Waals surface area contributed by atoms with Crippen LogP contribution in [0.1, 0.15) is 11.1 Å². The minimum absolute atomic E-state index is 0.0339. The molecule has 1 aromatic heterocycles. The number of hydrogen-bond donors (Lipinski definition) is 0. The predicted molar refractivity (Wildman–Crippen MR) is 117 cm³/mol. The number of likely N-dealkylation sites (N-methyl/N-ethyl adjacent to an activating group) is 1. The smallest absolute Gasteiger partial charge is 0.317 e. The van der Waals surface area contributed by atoms with Gasteiger partial charge in [-0.15, -0.1) is 0 Å². The van der Waals surface area contributed by atoms with E-state index in [4.69, 9.17) is 21.1 Å². The SMILES string of the molecule is COc1cnc(O[C@@H]2C(=O)N3CC(=O)N(C)c4ccc(Cl)cc4[C@]23c2ccccc2)nc1. The molecule has 3 heterocycles. The van der Waals surface area contributed by atoms with E-state index in [9.17, 15) is 9.59 Å². The molecule has 3 aromatic rings. The number of amides is 2. The molecular formula is C23H19ClN4O4. The van der Waals surface area contributed by atoms with Gasteiger partial charge in [-0.25, -0.2) is 0 Å². The van der Waals surface area contributed by atoms with Gasteiger partial charge in [0.05, 0.1) is 19.5 Å². The Hall–Kier alpha value is -3.65. The summed E-state index contributed by atoms with van der Waals surface area (Å²) in [5, 5.41) is 0.487. The second-order valence-corrected chi connectivity index (χ2v) is 8.01. The van der Waals surface area contributed by atoms with Crippen molar-refractivity contribution in [2.75, 3.05) is 25.6 Å². The van der Waals surface area contributed by atoms with Crippen molar-refractivity contribution < 1.29 is 19.1 Å². The molecule has 2 amide bonds. The summed E-state index contributed by atoms with van der Waals surface area (Å²) in [5.41, 5.74) is 1.07. The predicted octanol–water partition coefficient (Wildman–Crippen LogP) is 2.65. The molecule has 2 aliphatic rings. The third-order valence-electron chi connectivity index (χ3n) is 5.97. The zero-order chi connectivity index (χ0) is 22.5. The van der Waals surface area contributed by atoms with Crippen LogP contribution in [0.4, 0.5) is 5.69 Å². The summed E-state index contributed by atoms with van der Waals surface area (Å²) >= 11 is 6.39. The van der Waals surface area contributed by atoms with E-state index in [0.29, 0.717) is 22.0 Å². The molecule has 5 rings (SSSR count). The first-order valence-electron chi connectivity index (χ1n) is 9.93. The van der Waals surface area contributed by atoms with Crippen molar-refractivity contribution in [3.05, 3.63) is 77.1 Å². The molecular weight excluding hydrogens is 432 g/mol. The van der Waals surface area contributed by atoms with E-state index in [1.165, 1.54) is 24.4 Å². The van der Waals surface area contributed by atoms with Gasteiger partial charge in [0.15, 0.2) is 5.75 Å². The molecule has 0 unspecified atom stereocenters. The zero-order valence-corrected chi connectivity index (χ0v) is 18.1. The summed E-state index contributed by atoms with van der Waals surface area (Å²) in [6.07, 6.45) is 1.94. The van der Waals surface area contributed by atoms with Gasteiger partial charge in [0, 0.05) is 23.3 Å². The van der Waals surface area contributed by atoms with Gasteiger partial charge < -0.3 is 19.3 Å². The van der Waals surface area contributed by atoms with Gasteiger partial charge in [0.25, 0.3) is 5.91 Å². The van der Waals surface area contributed by atoms with Gasteiger partial charge in [-0.3, -0.25) is 9.59 Å². The first kappa shape index (κ1) is 20.3. The highest BCUT2D eigenvalue weighted by Gasteiger charge is 2.66. The number of β-lactam (4-membered cyclic amide) rings is 1. The van der Waals surface area contributed by atoms with Crippen LogP contribution in [0.5, 0.6) is 11.8 Å². The Bertz CT molecular complexity index is 1200. The van der Waals surface area contributed by atoms with Gasteiger partial charge in [0.2, 0.25) is 12.0 Å². The Morgan fingerprint density at radius 3 is 2.50 bits per heavy atom. The lowest BCUT2D eigenvalue weighted by Crippen LogP contribution is -2.74. The molecule has 8 nitrogen and oxygen atoms in total. The highest BCUT2D eigenvalue weighted by Crippen LogP contribution is 2.53. The van der Waals surface area contributed by atoms with Crippen LogP contribution < -0.4 is 14.4 Å². The summed E-state index contributed by atoms with van der Waals surface area (Å²) in [7, 11) is 3.20. The molecule has 2 aliphatic heterocycles. The van der Waals surface area contributed by atoms with Crippen LogP contribution in [0, 0.1) is 0 Å². The van der Waals surface area contributed by atoms with Gasteiger partial charge in [0.1, 0.15) is 12.1 Å². The van der Waals surface area contributed by atoms with E-state index in [0.717, 1.165) is 5.56 Å². The number of anilines is 1. The van der Waals surface area contributed by atoms with Gasteiger partial charge >= 0.3 is 6.01 Å². The molecule has 2 aromatic carbocycles. The summed E-state index contributed by atoms with van der Waals surface area (Å²) in [6, 6.07) is 14.8. The van der Waals surface area contributed by atoms with E-state index in [2.05, 4.69) is 9.97 Å². The average Bonchev–Trinajstić information content (AvgIpc) is 2.90. The Morgan fingerprint density at radius 2 is 1.81 bits per heavy atom. The fraction of sp³-hybridized carbons (Fsp3) is 0.217. The Kier molecular flexibility index (Phi) is 4.74. The first-order valence-corrected chi connectivity index (χ1v) is 10.3. The zero-order valence-electron chi connectivity index (χ0n) is 17.4. The van der Waals surface area contributed by atoms with Crippen LogP contribution in [0.15, 0.2) is 60.9 Å². The normalized spacial score (nSPS) is 21.9. The molecule has 9 heteroatoms. The van der Waals surface area contributed by atoms with E-state index in [-0.39, 0.29) is 24.4 Å². The number of carbonyl (C=O) groups is 2. The van der Waals surface area contributed by atoms with Crippen LogP contribution in [0.25, 0.3) is 0 Å². The maximum Gasteiger partial charge on any atom is 0.317 e. The second kappa shape index (κ2) is 7.49. The third kappa shape index (κ3) is 2.83. The molecule has 0 radical (unpaired) electrons. The van der Waals surface area contributed by atoms with E-state index in [1.54, 1.807) is 30.1 Å². The summed E-state index contributed by atoms with van der Waals surface area (Å²) in [6.45, 7) is -0.0974. The lowest BCUT2D eigenvalue weighted by atomic mass is 9.69. The molecule has 32 heavy (non-hydrogen) atoms. The highest BCUT2D eigenvalue weighted by atomic mass is 35.5. The number of hydrogen-bond acceptors (Lipinski definition) is 6. The monoisotopic (exact) mass is 450 g/mol. The van der Waals surface area contributed by atoms with Gasteiger partial charge in [-0.2, -0.15) is 9.97 Å². The van der Waals surface area contributed by atoms with E-state index >= 15 is 0 Å². The molecule has 0 aliphatic carbocycles. The number of methoxy groups -OCH3 is 1. The Morgan fingerprint density at radius 1 is 1.09 bits per heavy atom. The lowest BCUT2D eigenvalue weighted by molar-refractivity contribution is -0.178. The topological polar surface area (TPSA) is 84.9 Å². The maximum absolute atomic E-state index is 13.3. The number of nitrogens with zero attached hydrogens (tertiary/aromatic N) is 4. The fourth-order valence-electron chi connectivity index (χ4n) is 4.41. The standard InChI is InChI=1S/C23H19ClN4O4/c1-27-18-9-8-15(24)10-17(18)23(14-6-4-3-5-7-14)20(21(30)28(23)13-19(27)29)32-22-25-11-16(31-2)12-26-22/h3-12,20H,13H2,1-2H3/t20-,23-/m1/s1. The maximum atomic E-state index is 13.3. The number of rotatable bonds is 4. The summed E-state index contributed by atoms with van der Waals surface area (Å²) in [4.78, 5) is 37.7. The number of benzene rings is 2. The average molecular weight is 451 g/mol. The minimum atomic E-state index is -1.08. The largest absolute Gasteiger partial charge is 0.494 e. The van der Waals surface area contributed by atoms with Crippen molar-refractivity contribution in [1.29, 1.82) is 0 Å². The summed E-state index contributed by atoms with van der Waals surface area (Å²) in [5.74, 6) is -0.0720. The lowest BCUT2D eigenvalue weighted by Gasteiger charge is -2.55. The van der Waals surface area contributed by atoms with Gasteiger partial charge in [-0.05, 0) is 23.8 Å². The number of ether oxygens (including phenoxy) is 2. The van der Waals surface area contributed by atoms with Crippen LogP contribution in [-0.4, -0.2) is 53.5 Å². The highest BCUT2D eigenvalue weighted by molar-refractivity contribution is 6.30. The Balaban J connectivity index is 1.72. The van der Waals surface area contributed by atoms with Crippen LogP contribution in [-0.2, 0) is 15.1 Å². The van der Waals surface area contributed by atoms with Crippen molar-refractivity contribution in [1.82, 2.24) is 14.9 Å². The van der Waals surface area contributed by atoms with Crippen molar-refractivity contribution in [2.45, 2.75) is 11.6 Å². The number of carbonyl (C=O) groups excluding carboxylic acids is 2. The molecule has 162 valence electrons. The number of halogens is 1. The first-order chi connectivity index (χ1) is 15.5. The van der Waals surface area contributed by atoms with Crippen LogP contribution in [0.2, 0.25) is 5.02 Å². The molecule has 0 saturated carbocycles. The Labute approximate surface area is 189 Å². The van der Waals surface area contributed by atoms with E-state index in [1.807, 2.05) is 30.3 Å². The van der Waals surface area contributed by atoms with Gasteiger partial charge in [-0.1, -0.05) is 41.9 Å². The fourth-order valence-corrected chi connectivity index (χ4v) is 4.58. The molecule has 0 N–H and O–H groups in total. The summed E-state index contributed by atoms with van der Waals surface area (Å²) < 4.78 is 11.2. The molecule has 0 spiro atoms. The second-order valence-electron chi connectivity index (χ2n) is 7.57. The molecule has 1 fully saturated rings. The molecule has 1 saturated heterocycles. The molecule has 0 bridgehead atoms. The third-order valence-corrected chi connectivity index (χ3v) is 6.21.